The monoisotopic (exact) mass is 319 g/mol. The highest BCUT2D eigenvalue weighted by Gasteiger charge is 2.32. The molecule has 1 aromatic rings. The molecule has 1 N–H and O–H groups in total. The molecule has 7 nitrogen and oxygen atoms in total. The molecule has 1 unspecified atom stereocenters. The smallest absolute Gasteiger partial charge is 0.356 e. The summed E-state index contributed by atoms with van der Waals surface area (Å²) in [6, 6.07) is 0. The van der Waals surface area contributed by atoms with E-state index in [1.807, 2.05) is 7.05 Å². The van der Waals surface area contributed by atoms with Crippen LogP contribution in [0.3, 0.4) is 0 Å². The molecular weight excluding hydrogens is 302 g/mol. The first kappa shape index (κ1) is 15.4. The zero-order valence-corrected chi connectivity index (χ0v) is 12.9. The second-order valence-electron chi connectivity index (χ2n) is 5.00. The van der Waals surface area contributed by atoms with Crippen LogP contribution in [-0.4, -0.2) is 67.4 Å². The van der Waals surface area contributed by atoms with Gasteiger partial charge in [-0.2, -0.15) is 4.31 Å². The lowest BCUT2D eigenvalue weighted by atomic mass is 10.1. The fourth-order valence-electron chi connectivity index (χ4n) is 2.34. The summed E-state index contributed by atoms with van der Waals surface area (Å²) in [5.74, 6) is -1.04. The number of carbonyl (C=O) groups is 1. The van der Waals surface area contributed by atoms with Crippen molar-refractivity contribution in [1.29, 1.82) is 0 Å². The topological polar surface area (TPSA) is 90.8 Å². The molecule has 1 aliphatic rings. The van der Waals surface area contributed by atoms with Crippen LogP contribution in [0.4, 0.5) is 0 Å². The maximum atomic E-state index is 12.4. The molecule has 0 amide bonds. The first-order valence-corrected chi connectivity index (χ1v) is 8.46. The van der Waals surface area contributed by atoms with E-state index in [-0.39, 0.29) is 10.1 Å². The third kappa shape index (κ3) is 3.00. The van der Waals surface area contributed by atoms with Crippen molar-refractivity contribution in [2.45, 2.75) is 10.6 Å². The van der Waals surface area contributed by atoms with Gasteiger partial charge in [0.1, 0.15) is 0 Å². The van der Waals surface area contributed by atoms with Crippen LogP contribution in [0.2, 0.25) is 0 Å². The van der Waals surface area contributed by atoms with E-state index < -0.39 is 21.7 Å². The standard InChI is InChI=1S/C11H17N3O4S2/c1-13-4-3-8(5-13)6-14(2)20(17,18)11-9(10(15)16)12-7-19-11/h7-8H,3-6H2,1-2H3,(H,15,16). The van der Waals surface area contributed by atoms with E-state index >= 15 is 0 Å². The fourth-order valence-corrected chi connectivity index (χ4v) is 4.92. The lowest BCUT2D eigenvalue weighted by molar-refractivity contribution is 0.0687. The lowest BCUT2D eigenvalue weighted by Crippen LogP contribution is -2.33. The van der Waals surface area contributed by atoms with Crippen molar-refractivity contribution in [3.63, 3.8) is 0 Å². The first-order chi connectivity index (χ1) is 9.32. The molecule has 1 atom stereocenters. The normalized spacial score (nSPS) is 20.6. The molecule has 20 heavy (non-hydrogen) atoms. The average Bonchev–Trinajstić information content (AvgIpc) is 2.98. The molecule has 9 heteroatoms. The number of hydrogen-bond donors (Lipinski definition) is 1. The molecule has 1 aromatic heterocycles. The highest BCUT2D eigenvalue weighted by molar-refractivity contribution is 7.91. The van der Waals surface area contributed by atoms with Crippen LogP contribution in [0.5, 0.6) is 0 Å². The number of aromatic carboxylic acids is 1. The molecule has 2 heterocycles. The number of carboxylic acid groups (broad SMARTS) is 1. The number of carboxylic acids is 1. The molecular formula is C11H17N3O4S2. The Bertz CT molecular complexity index is 599. The summed E-state index contributed by atoms with van der Waals surface area (Å²) in [6.45, 7) is 2.21. The zero-order valence-electron chi connectivity index (χ0n) is 11.3. The summed E-state index contributed by atoms with van der Waals surface area (Å²) in [4.78, 5) is 16.8. The third-order valence-electron chi connectivity index (χ3n) is 3.39. The Morgan fingerprint density at radius 1 is 1.65 bits per heavy atom. The number of sulfonamides is 1. The Balaban J connectivity index is 2.17. The number of likely N-dealkylation sites (tertiary alicyclic amines) is 1. The van der Waals surface area contributed by atoms with Crippen molar-refractivity contribution in [3.05, 3.63) is 11.2 Å². The van der Waals surface area contributed by atoms with Crippen molar-refractivity contribution in [3.8, 4) is 0 Å². The number of thiazole rings is 1. The van der Waals surface area contributed by atoms with Crippen LogP contribution in [-0.2, 0) is 10.0 Å². The van der Waals surface area contributed by atoms with Gasteiger partial charge in [-0.15, -0.1) is 11.3 Å². The molecule has 0 bridgehead atoms. The summed E-state index contributed by atoms with van der Waals surface area (Å²) < 4.78 is 25.9. The summed E-state index contributed by atoms with van der Waals surface area (Å²) in [6.07, 6.45) is 0.949. The summed E-state index contributed by atoms with van der Waals surface area (Å²) in [5, 5.41) is 8.97. The molecule has 0 saturated carbocycles. The first-order valence-electron chi connectivity index (χ1n) is 6.14. The van der Waals surface area contributed by atoms with Crippen LogP contribution in [0.25, 0.3) is 0 Å². The molecule has 1 fully saturated rings. The zero-order chi connectivity index (χ0) is 14.9. The van der Waals surface area contributed by atoms with E-state index in [1.54, 1.807) is 0 Å². The van der Waals surface area contributed by atoms with Gasteiger partial charge < -0.3 is 10.0 Å². The van der Waals surface area contributed by atoms with E-state index in [1.165, 1.54) is 16.9 Å². The summed E-state index contributed by atoms with van der Waals surface area (Å²) >= 11 is 0.840. The molecule has 0 aliphatic carbocycles. The van der Waals surface area contributed by atoms with Gasteiger partial charge in [0, 0.05) is 20.1 Å². The van der Waals surface area contributed by atoms with Crippen LogP contribution in [0.15, 0.2) is 9.72 Å². The number of aromatic nitrogens is 1. The highest BCUT2D eigenvalue weighted by Crippen LogP contribution is 2.25. The van der Waals surface area contributed by atoms with Crippen molar-refractivity contribution in [2.24, 2.45) is 5.92 Å². The van der Waals surface area contributed by atoms with Gasteiger partial charge in [-0.1, -0.05) is 0 Å². The highest BCUT2D eigenvalue weighted by atomic mass is 32.2. The molecule has 1 aliphatic heterocycles. The van der Waals surface area contributed by atoms with Gasteiger partial charge >= 0.3 is 5.97 Å². The Kier molecular flexibility index (Phi) is 4.43. The van der Waals surface area contributed by atoms with Crippen LogP contribution in [0.1, 0.15) is 16.9 Å². The largest absolute Gasteiger partial charge is 0.476 e. The lowest BCUT2D eigenvalue weighted by Gasteiger charge is -2.20. The summed E-state index contributed by atoms with van der Waals surface area (Å²) in [5.41, 5.74) is 0.846. The van der Waals surface area contributed by atoms with Gasteiger partial charge in [-0.25, -0.2) is 18.2 Å². The number of hydrogen-bond acceptors (Lipinski definition) is 6. The minimum Gasteiger partial charge on any atom is -0.476 e. The van der Waals surface area contributed by atoms with E-state index in [2.05, 4.69) is 9.88 Å². The molecule has 0 radical (unpaired) electrons. The Labute approximate surface area is 121 Å². The van der Waals surface area contributed by atoms with Crippen LogP contribution < -0.4 is 0 Å². The Hall–Kier alpha value is -1.03. The molecule has 0 spiro atoms. The van der Waals surface area contributed by atoms with E-state index in [0.717, 1.165) is 30.8 Å². The third-order valence-corrected chi connectivity index (χ3v) is 6.56. The Morgan fingerprint density at radius 2 is 2.35 bits per heavy atom. The Morgan fingerprint density at radius 3 is 2.90 bits per heavy atom. The van der Waals surface area contributed by atoms with E-state index in [9.17, 15) is 13.2 Å². The number of nitrogens with zero attached hydrogens (tertiary/aromatic N) is 3. The van der Waals surface area contributed by atoms with Crippen molar-refractivity contribution in [1.82, 2.24) is 14.2 Å². The molecule has 2 rings (SSSR count). The quantitative estimate of drug-likeness (QED) is 0.845. The molecule has 0 aromatic carbocycles. The van der Waals surface area contributed by atoms with Gasteiger partial charge in [-0.05, 0) is 25.9 Å². The maximum Gasteiger partial charge on any atom is 0.356 e. The SMILES string of the molecule is CN1CCC(CN(C)S(=O)(=O)c2scnc2C(=O)O)C1. The second-order valence-corrected chi connectivity index (χ2v) is 8.09. The second kappa shape index (κ2) is 5.76. The van der Waals surface area contributed by atoms with Gasteiger partial charge in [-0.3, -0.25) is 0 Å². The van der Waals surface area contributed by atoms with Gasteiger partial charge in [0.2, 0.25) is 0 Å². The summed E-state index contributed by atoms with van der Waals surface area (Å²) in [7, 11) is -0.301. The van der Waals surface area contributed by atoms with Gasteiger partial charge in [0.15, 0.2) is 9.90 Å². The predicted octanol–water partition coefficient (Wildman–Crippen LogP) is 0.413. The van der Waals surface area contributed by atoms with Gasteiger partial charge in [0.25, 0.3) is 10.0 Å². The van der Waals surface area contributed by atoms with E-state index in [4.69, 9.17) is 5.11 Å². The van der Waals surface area contributed by atoms with Crippen LogP contribution >= 0.6 is 11.3 Å². The van der Waals surface area contributed by atoms with Crippen LogP contribution in [0, 0.1) is 5.92 Å². The minimum atomic E-state index is -3.79. The fraction of sp³-hybridized carbons (Fsp3) is 0.636. The van der Waals surface area contributed by atoms with Crippen molar-refractivity contribution >= 4 is 27.3 Å². The molecule has 112 valence electrons. The predicted molar refractivity (Wildman–Crippen MR) is 74.5 cm³/mol. The van der Waals surface area contributed by atoms with Gasteiger partial charge in [0.05, 0.1) is 5.51 Å². The van der Waals surface area contributed by atoms with E-state index in [0.29, 0.717) is 6.54 Å². The number of rotatable bonds is 5. The molecule has 1 saturated heterocycles. The van der Waals surface area contributed by atoms with Crippen molar-refractivity contribution < 1.29 is 18.3 Å². The minimum absolute atomic E-state index is 0.196. The maximum absolute atomic E-state index is 12.4. The van der Waals surface area contributed by atoms with Crippen molar-refractivity contribution in [2.75, 3.05) is 33.7 Å². The average molecular weight is 319 g/mol.